The summed E-state index contributed by atoms with van der Waals surface area (Å²) in [6.07, 6.45) is 6.24. The van der Waals surface area contributed by atoms with Crippen LogP contribution in [0.15, 0.2) is 72.1 Å². The molecule has 0 bridgehead atoms. The molecule has 4 rings (SSSR count). The third kappa shape index (κ3) is 4.09. The number of nitrogens with zero attached hydrogens (tertiary/aromatic N) is 3. The Hall–Kier alpha value is -4.00. The predicted octanol–water partition coefficient (Wildman–Crippen LogP) is 4.01. The molecule has 4 N–H and O–H groups in total. The van der Waals surface area contributed by atoms with Gasteiger partial charge >= 0.3 is 5.97 Å². The highest BCUT2D eigenvalue weighted by Crippen LogP contribution is 2.48. The number of aromatic nitrogens is 2. The molecular weight excluding hydrogens is 402 g/mol. The molecule has 1 aromatic heterocycles. The summed E-state index contributed by atoms with van der Waals surface area (Å²) in [5, 5.41) is 12.7. The van der Waals surface area contributed by atoms with Crippen molar-refractivity contribution in [2.24, 2.45) is 10.7 Å². The van der Waals surface area contributed by atoms with Crippen LogP contribution in [0.5, 0.6) is 0 Å². The molecule has 0 atom stereocenters. The summed E-state index contributed by atoms with van der Waals surface area (Å²) in [7, 11) is 1.69. The fraction of sp³-hybridized carbons (Fsp3) is 0.200. The van der Waals surface area contributed by atoms with Gasteiger partial charge in [0.15, 0.2) is 0 Å². The fourth-order valence-electron chi connectivity index (χ4n) is 3.78. The first kappa shape index (κ1) is 21.2. The van der Waals surface area contributed by atoms with Crippen molar-refractivity contribution in [3.8, 4) is 11.1 Å². The minimum Gasteiger partial charge on any atom is -0.481 e. The van der Waals surface area contributed by atoms with Crippen LogP contribution >= 0.6 is 0 Å². The van der Waals surface area contributed by atoms with Crippen LogP contribution in [0.2, 0.25) is 0 Å². The Balaban J connectivity index is 1.53. The first-order valence-electron chi connectivity index (χ1n) is 10.4. The highest BCUT2D eigenvalue weighted by molar-refractivity contribution is 6.28. The summed E-state index contributed by atoms with van der Waals surface area (Å²) >= 11 is 0. The Morgan fingerprint density at radius 3 is 2.22 bits per heavy atom. The third-order valence-electron chi connectivity index (χ3n) is 5.77. The summed E-state index contributed by atoms with van der Waals surface area (Å²) in [6, 6.07) is 15.8. The third-order valence-corrected chi connectivity index (χ3v) is 5.77. The van der Waals surface area contributed by atoms with E-state index in [0.29, 0.717) is 24.5 Å². The van der Waals surface area contributed by atoms with Gasteiger partial charge in [-0.05, 0) is 42.0 Å². The quantitative estimate of drug-likeness (QED) is 0.405. The second-order valence-electron chi connectivity index (χ2n) is 7.87. The van der Waals surface area contributed by atoms with Gasteiger partial charge in [0.2, 0.25) is 0 Å². The Labute approximate surface area is 186 Å². The second kappa shape index (κ2) is 8.63. The molecule has 1 fully saturated rings. The van der Waals surface area contributed by atoms with Crippen LogP contribution < -0.4 is 11.1 Å². The lowest BCUT2D eigenvalue weighted by atomic mass is 9.93. The molecule has 32 heavy (non-hydrogen) atoms. The maximum atomic E-state index is 11.5. The van der Waals surface area contributed by atoms with Crippen molar-refractivity contribution in [2.75, 3.05) is 12.4 Å². The SMILES string of the molecule is CN=C(Nc1cncc(C)n1)C(=CN)c1ccc(-c2ccc(C3(C(=O)O)CC3)cc2)cc1. The number of carbonyl (C=O) groups is 1. The van der Waals surface area contributed by atoms with Gasteiger partial charge in [0.25, 0.3) is 0 Å². The summed E-state index contributed by atoms with van der Waals surface area (Å²) < 4.78 is 0. The molecule has 0 amide bonds. The molecule has 0 aliphatic heterocycles. The van der Waals surface area contributed by atoms with Crippen molar-refractivity contribution in [1.82, 2.24) is 9.97 Å². The number of hydrogen-bond acceptors (Lipinski definition) is 5. The van der Waals surface area contributed by atoms with Crippen molar-refractivity contribution in [2.45, 2.75) is 25.2 Å². The van der Waals surface area contributed by atoms with Crippen molar-refractivity contribution >= 4 is 23.2 Å². The highest BCUT2D eigenvalue weighted by atomic mass is 16.4. The zero-order valence-corrected chi connectivity index (χ0v) is 18.0. The Morgan fingerprint density at radius 2 is 1.72 bits per heavy atom. The maximum absolute atomic E-state index is 11.5. The van der Waals surface area contributed by atoms with Crippen molar-refractivity contribution < 1.29 is 9.90 Å². The summed E-state index contributed by atoms with van der Waals surface area (Å²) in [4.78, 5) is 24.4. The van der Waals surface area contributed by atoms with E-state index in [2.05, 4.69) is 20.3 Å². The van der Waals surface area contributed by atoms with E-state index in [1.54, 1.807) is 19.4 Å². The van der Waals surface area contributed by atoms with Crippen molar-refractivity contribution in [3.05, 3.63) is 83.9 Å². The lowest BCUT2D eigenvalue weighted by Gasteiger charge is -2.14. The molecular formula is C25H25N5O2. The van der Waals surface area contributed by atoms with E-state index < -0.39 is 11.4 Å². The summed E-state index contributed by atoms with van der Waals surface area (Å²) in [5.41, 5.74) is 10.6. The number of benzene rings is 2. The molecule has 0 spiro atoms. The molecule has 0 saturated heterocycles. The van der Waals surface area contributed by atoms with Crippen LogP contribution in [-0.4, -0.2) is 33.9 Å². The second-order valence-corrected chi connectivity index (χ2v) is 7.87. The molecule has 2 aromatic carbocycles. The van der Waals surface area contributed by atoms with Crippen molar-refractivity contribution in [3.63, 3.8) is 0 Å². The molecule has 0 unspecified atom stereocenters. The van der Waals surface area contributed by atoms with Crippen LogP contribution in [-0.2, 0) is 10.2 Å². The number of amidine groups is 1. The van der Waals surface area contributed by atoms with E-state index >= 15 is 0 Å². The van der Waals surface area contributed by atoms with Crippen LogP contribution in [0.25, 0.3) is 16.7 Å². The molecule has 3 aromatic rings. The minimum absolute atomic E-state index is 0.591. The van der Waals surface area contributed by atoms with Crippen molar-refractivity contribution in [1.29, 1.82) is 0 Å². The average Bonchev–Trinajstić information content (AvgIpc) is 3.62. The number of carboxylic acid groups (broad SMARTS) is 1. The zero-order chi connectivity index (χ0) is 22.7. The van der Waals surface area contributed by atoms with Gasteiger partial charge in [0, 0.05) is 25.0 Å². The molecule has 0 radical (unpaired) electrons. The van der Waals surface area contributed by atoms with Crippen LogP contribution in [0, 0.1) is 6.92 Å². The largest absolute Gasteiger partial charge is 0.481 e. The topological polar surface area (TPSA) is 113 Å². The van der Waals surface area contributed by atoms with Crippen LogP contribution in [0.1, 0.15) is 29.7 Å². The Morgan fingerprint density at radius 1 is 1.09 bits per heavy atom. The molecule has 7 heteroatoms. The normalized spacial score (nSPS) is 15.3. The smallest absolute Gasteiger partial charge is 0.314 e. The Bertz CT molecular complexity index is 1190. The number of aliphatic imine (C=N–C) groups is 1. The van der Waals surface area contributed by atoms with Gasteiger partial charge in [0.1, 0.15) is 11.7 Å². The monoisotopic (exact) mass is 427 g/mol. The minimum atomic E-state index is -0.741. The molecule has 1 saturated carbocycles. The van der Waals surface area contributed by atoms with Gasteiger partial charge in [-0.2, -0.15) is 0 Å². The van der Waals surface area contributed by atoms with E-state index in [1.165, 1.54) is 6.20 Å². The number of anilines is 1. The first-order valence-corrected chi connectivity index (χ1v) is 10.4. The highest BCUT2D eigenvalue weighted by Gasteiger charge is 2.51. The molecule has 7 nitrogen and oxygen atoms in total. The zero-order valence-electron chi connectivity index (χ0n) is 18.0. The number of aliphatic carboxylic acids is 1. The number of carboxylic acids is 1. The number of hydrogen-bond donors (Lipinski definition) is 3. The molecule has 1 aliphatic rings. The van der Waals surface area contributed by atoms with E-state index in [1.807, 2.05) is 55.5 Å². The van der Waals surface area contributed by atoms with Gasteiger partial charge in [-0.3, -0.25) is 14.8 Å². The summed E-state index contributed by atoms with van der Waals surface area (Å²) in [6.45, 7) is 1.87. The predicted molar refractivity (Wildman–Crippen MR) is 126 cm³/mol. The molecule has 1 heterocycles. The maximum Gasteiger partial charge on any atom is 0.314 e. The van der Waals surface area contributed by atoms with Gasteiger partial charge in [-0.1, -0.05) is 48.5 Å². The van der Waals surface area contributed by atoms with E-state index in [9.17, 15) is 9.90 Å². The van der Waals surface area contributed by atoms with Crippen LogP contribution in [0.4, 0.5) is 5.82 Å². The molecule has 162 valence electrons. The number of nitrogens with two attached hydrogens (primary N) is 1. The van der Waals surface area contributed by atoms with Gasteiger partial charge < -0.3 is 16.2 Å². The first-order chi connectivity index (χ1) is 15.5. The van der Waals surface area contributed by atoms with Gasteiger partial charge in [-0.25, -0.2) is 4.98 Å². The van der Waals surface area contributed by atoms with E-state index in [0.717, 1.165) is 33.5 Å². The average molecular weight is 428 g/mol. The van der Waals surface area contributed by atoms with Gasteiger partial charge in [0.05, 0.1) is 17.3 Å². The van der Waals surface area contributed by atoms with Gasteiger partial charge in [-0.15, -0.1) is 0 Å². The Kier molecular flexibility index (Phi) is 5.73. The van der Waals surface area contributed by atoms with Crippen LogP contribution in [0.3, 0.4) is 0 Å². The van der Waals surface area contributed by atoms with E-state index in [-0.39, 0.29) is 0 Å². The number of rotatable bonds is 6. The lowest BCUT2D eigenvalue weighted by molar-refractivity contribution is -0.140. The number of aryl methyl sites for hydroxylation is 1. The lowest BCUT2D eigenvalue weighted by Crippen LogP contribution is -2.19. The standard InChI is InChI=1S/C25H25N5O2/c1-16-14-28-15-22(29-16)30-23(27-2)21(13-26)19-5-3-17(4-6-19)18-7-9-20(10-8-18)25(11-12-25)24(31)32/h3-10,13-15H,11-12,26H2,1-2H3,(H,31,32)(H,27,29,30). The van der Waals surface area contributed by atoms with E-state index in [4.69, 9.17) is 5.73 Å². The molecule has 1 aliphatic carbocycles. The number of nitrogens with one attached hydrogen (secondary N) is 1. The summed E-state index contributed by atoms with van der Waals surface area (Å²) in [5.74, 6) is 0.443. The fourth-order valence-corrected chi connectivity index (χ4v) is 3.78.